The topological polar surface area (TPSA) is 102 Å². The van der Waals surface area contributed by atoms with Crippen LogP contribution >= 0.6 is 0 Å². The second-order valence-corrected chi connectivity index (χ2v) is 8.09. The quantitative estimate of drug-likeness (QED) is 0.691. The number of nitrogens with zero attached hydrogens (tertiary/aromatic N) is 5. The average Bonchev–Trinajstić information content (AvgIpc) is 3.33. The summed E-state index contributed by atoms with van der Waals surface area (Å²) in [7, 11) is -3.51. The number of aromatic nitrogens is 4. The lowest BCUT2D eigenvalue weighted by Gasteiger charge is -2.15. The molecular weight excluding hydrogens is 354 g/mol. The van der Waals surface area contributed by atoms with Crippen LogP contribution in [0.3, 0.4) is 0 Å². The fourth-order valence-corrected chi connectivity index (χ4v) is 4.42. The van der Waals surface area contributed by atoms with Crippen molar-refractivity contribution >= 4 is 10.0 Å². The summed E-state index contributed by atoms with van der Waals surface area (Å²) in [5.41, 5.74) is 1.30. The molecule has 0 amide bonds. The first-order chi connectivity index (χ1) is 12.5. The highest BCUT2D eigenvalue weighted by Gasteiger charge is 2.35. The van der Waals surface area contributed by atoms with Crippen molar-refractivity contribution in [2.45, 2.75) is 24.2 Å². The molecular formula is C17H17N5O3S. The van der Waals surface area contributed by atoms with Gasteiger partial charge in [0, 0.05) is 19.3 Å². The standard InChI is InChI=1S/C17H17N5O3S/c1-12-9-19-15(10-18-12)17-21-20-16(25-17)13-7-8-22(11-13)26(23,24)14-5-3-2-4-6-14/h2-6,9-10,13H,7-8,11H2,1H3. The Morgan fingerprint density at radius 1 is 1.12 bits per heavy atom. The fraction of sp³-hybridized carbons (Fsp3) is 0.294. The first kappa shape index (κ1) is 16.8. The van der Waals surface area contributed by atoms with E-state index in [4.69, 9.17) is 4.42 Å². The Morgan fingerprint density at radius 2 is 1.92 bits per heavy atom. The molecule has 1 aliphatic rings. The lowest BCUT2D eigenvalue weighted by molar-refractivity contribution is 0.439. The summed E-state index contributed by atoms with van der Waals surface area (Å²) < 4.78 is 32.6. The molecule has 134 valence electrons. The molecule has 3 heterocycles. The molecule has 1 aromatic carbocycles. The van der Waals surface area contributed by atoms with E-state index in [1.807, 2.05) is 6.92 Å². The van der Waals surface area contributed by atoms with E-state index >= 15 is 0 Å². The number of hydrogen-bond donors (Lipinski definition) is 0. The Hall–Kier alpha value is -2.65. The van der Waals surface area contributed by atoms with Crippen LogP contribution in [0.2, 0.25) is 0 Å². The fourth-order valence-electron chi connectivity index (χ4n) is 2.90. The van der Waals surface area contributed by atoms with Crippen LogP contribution in [-0.4, -0.2) is 46.0 Å². The van der Waals surface area contributed by atoms with Gasteiger partial charge in [0.05, 0.1) is 22.7 Å². The van der Waals surface area contributed by atoms with Crippen LogP contribution in [0.25, 0.3) is 11.6 Å². The van der Waals surface area contributed by atoms with Crippen LogP contribution in [0.1, 0.15) is 23.9 Å². The largest absolute Gasteiger partial charge is 0.419 e. The summed E-state index contributed by atoms with van der Waals surface area (Å²) in [6.45, 7) is 2.58. The van der Waals surface area contributed by atoms with Gasteiger partial charge < -0.3 is 4.42 Å². The van der Waals surface area contributed by atoms with Crippen molar-refractivity contribution in [3.8, 4) is 11.6 Å². The highest BCUT2D eigenvalue weighted by Crippen LogP contribution is 2.31. The van der Waals surface area contributed by atoms with E-state index in [9.17, 15) is 8.42 Å². The molecule has 2 aromatic heterocycles. The smallest absolute Gasteiger partial charge is 0.267 e. The molecule has 0 radical (unpaired) electrons. The average molecular weight is 371 g/mol. The molecule has 1 aliphatic heterocycles. The third-order valence-corrected chi connectivity index (χ3v) is 6.20. The van der Waals surface area contributed by atoms with Crippen molar-refractivity contribution in [1.29, 1.82) is 0 Å². The zero-order valence-corrected chi connectivity index (χ0v) is 14.9. The predicted molar refractivity (Wildman–Crippen MR) is 92.6 cm³/mol. The first-order valence-electron chi connectivity index (χ1n) is 8.21. The SMILES string of the molecule is Cc1cnc(-c2nnc(C3CCN(S(=O)(=O)c4ccccc4)C3)o2)cn1. The van der Waals surface area contributed by atoms with Crippen molar-refractivity contribution in [2.24, 2.45) is 0 Å². The van der Waals surface area contributed by atoms with Gasteiger partial charge in [-0.1, -0.05) is 18.2 Å². The Bertz CT molecular complexity index is 1000. The van der Waals surface area contributed by atoms with Crippen LogP contribution in [0.15, 0.2) is 52.0 Å². The molecule has 26 heavy (non-hydrogen) atoms. The molecule has 4 rings (SSSR count). The Morgan fingerprint density at radius 3 is 2.65 bits per heavy atom. The lowest BCUT2D eigenvalue weighted by atomic mass is 10.1. The predicted octanol–water partition coefficient (Wildman–Crippen LogP) is 2.01. The molecule has 8 nitrogen and oxygen atoms in total. The van der Waals surface area contributed by atoms with E-state index in [-0.39, 0.29) is 11.8 Å². The summed E-state index contributed by atoms with van der Waals surface area (Å²) in [6, 6.07) is 8.42. The number of aryl methyl sites for hydroxylation is 1. The normalized spacial score (nSPS) is 18.3. The molecule has 0 saturated carbocycles. The van der Waals surface area contributed by atoms with Crippen LogP contribution in [0, 0.1) is 6.92 Å². The molecule has 0 aliphatic carbocycles. The maximum Gasteiger partial charge on any atom is 0.267 e. The third-order valence-electron chi connectivity index (χ3n) is 4.32. The minimum Gasteiger partial charge on any atom is -0.419 e. The summed E-state index contributed by atoms with van der Waals surface area (Å²) in [5.74, 6) is 0.582. The van der Waals surface area contributed by atoms with Gasteiger partial charge in [-0.25, -0.2) is 13.4 Å². The monoisotopic (exact) mass is 371 g/mol. The maximum atomic E-state index is 12.7. The molecule has 1 fully saturated rings. The van der Waals surface area contributed by atoms with Gasteiger partial charge in [0.15, 0.2) is 0 Å². The van der Waals surface area contributed by atoms with Crippen LogP contribution in [-0.2, 0) is 10.0 Å². The summed E-state index contributed by atoms with van der Waals surface area (Å²) in [5, 5.41) is 8.10. The van der Waals surface area contributed by atoms with Gasteiger partial charge in [-0.15, -0.1) is 10.2 Å². The van der Waals surface area contributed by atoms with Gasteiger partial charge in [0.1, 0.15) is 5.69 Å². The van der Waals surface area contributed by atoms with Gasteiger partial charge in [0.2, 0.25) is 15.9 Å². The van der Waals surface area contributed by atoms with Gasteiger partial charge in [-0.3, -0.25) is 4.98 Å². The Balaban J connectivity index is 1.52. The van der Waals surface area contributed by atoms with Gasteiger partial charge in [0.25, 0.3) is 5.89 Å². The van der Waals surface area contributed by atoms with E-state index in [1.54, 1.807) is 42.7 Å². The maximum absolute atomic E-state index is 12.7. The minimum absolute atomic E-state index is 0.131. The van der Waals surface area contributed by atoms with Crippen molar-refractivity contribution in [2.75, 3.05) is 13.1 Å². The van der Waals surface area contributed by atoms with Gasteiger partial charge in [-0.2, -0.15) is 4.31 Å². The second-order valence-electron chi connectivity index (χ2n) is 6.15. The van der Waals surface area contributed by atoms with Gasteiger partial charge in [-0.05, 0) is 25.5 Å². The highest BCUT2D eigenvalue weighted by atomic mass is 32.2. The molecule has 0 bridgehead atoms. The number of hydrogen-bond acceptors (Lipinski definition) is 7. The van der Waals surface area contributed by atoms with Crippen molar-refractivity contribution in [1.82, 2.24) is 24.5 Å². The van der Waals surface area contributed by atoms with Crippen molar-refractivity contribution < 1.29 is 12.8 Å². The molecule has 1 atom stereocenters. The van der Waals surface area contributed by atoms with Gasteiger partial charge >= 0.3 is 0 Å². The Labute approximate surface area is 151 Å². The van der Waals surface area contributed by atoms with Crippen LogP contribution in [0.4, 0.5) is 0 Å². The number of sulfonamides is 1. The highest BCUT2D eigenvalue weighted by molar-refractivity contribution is 7.89. The van der Waals surface area contributed by atoms with E-state index in [0.29, 0.717) is 36.0 Å². The lowest BCUT2D eigenvalue weighted by Crippen LogP contribution is -2.28. The van der Waals surface area contributed by atoms with Crippen molar-refractivity contribution in [3.05, 3.63) is 54.3 Å². The van der Waals surface area contributed by atoms with Crippen molar-refractivity contribution in [3.63, 3.8) is 0 Å². The van der Waals surface area contributed by atoms with Crippen LogP contribution in [0.5, 0.6) is 0 Å². The third kappa shape index (κ3) is 3.11. The van der Waals surface area contributed by atoms with E-state index in [1.165, 1.54) is 4.31 Å². The summed E-state index contributed by atoms with van der Waals surface area (Å²) >= 11 is 0. The molecule has 0 N–H and O–H groups in total. The number of rotatable bonds is 4. The van der Waals surface area contributed by atoms with E-state index < -0.39 is 10.0 Å². The molecule has 1 unspecified atom stereocenters. The molecule has 0 spiro atoms. The zero-order chi connectivity index (χ0) is 18.1. The zero-order valence-electron chi connectivity index (χ0n) is 14.1. The Kier molecular flexibility index (Phi) is 4.25. The minimum atomic E-state index is -3.51. The molecule has 9 heteroatoms. The van der Waals surface area contributed by atoms with Crippen LogP contribution < -0.4 is 0 Å². The first-order valence-corrected chi connectivity index (χ1v) is 9.65. The molecule has 3 aromatic rings. The van der Waals surface area contributed by atoms with E-state index in [0.717, 1.165) is 5.69 Å². The number of benzene rings is 1. The summed E-state index contributed by atoms with van der Waals surface area (Å²) in [6.07, 6.45) is 3.84. The second kappa shape index (κ2) is 6.58. The molecule has 1 saturated heterocycles. The van der Waals surface area contributed by atoms with E-state index in [2.05, 4.69) is 20.2 Å². The summed E-state index contributed by atoms with van der Waals surface area (Å²) in [4.78, 5) is 8.67.